The van der Waals surface area contributed by atoms with E-state index in [1.165, 1.54) is 12.1 Å². The maximum atomic E-state index is 13.8. The minimum absolute atomic E-state index is 0.0197. The van der Waals surface area contributed by atoms with Crippen LogP contribution in [0.5, 0.6) is 0 Å². The molecule has 2 N–H and O–H groups in total. The van der Waals surface area contributed by atoms with E-state index in [0.29, 0.717) is 5.56 Å². The van der Waals surface area contributed by atoms with E-state index in [4.69, 9.17) is 5.73 Å². The van der Waals surface area contributed by atoms with E-state index in [1.807, 2.05) is 6.07 Å². The number of hydrogen-bond acceptors (Lipinski definition) is 2. The number of nitrogens with zero attached hydrogens (tertiary/aromatic N) is 1. The van der Waals surface area contributed by atoms with E-state index in [0.717, 1.165) is 49.9 Å². The smallest absolute Gasteiger partial charge is 0.323 e. The first-order valence-electron chi connectivity index (χ1n) is 9.75. The van der Waals surface area contributed by atoms with Gasteiger partial charge in [0.05, 0.1) is 5.56 Å². The predicted octanol–water partition coefficient (Wildman–Crippen LogP) is 5.85. The van der Waals surface area contributed by atoms with Crippen molar-refractivity contribution in [3.8, 4) is 0 Å². The number of alkyl halides is 3. The van der Waals surface area contributed by atoms with Gasteiger partial charge in [-0.1, -0.05) is 44.0 Å². The van der Waals surface area contributed by atoms with Crippen molar-refractivity contribution >= 4 is 0 Å². The standard InChI is InChI=1S/C22H26F4N2/c1-2-3-10-19(15-6-5-9-18(23)14-15)28-12-11-20(28)21(27)16-7-4-8-17(13-16)22(24,25)26/h4-9,13-14,19-21H,2-3,10-12,27H2,1H3/t19?,20-,21-/m0/s1. The van der Waals surface area contributed by atoms with Crippen molar-refractivity contribution in [2.45, 2.75) is 56.9 Å². The molecule has 1 unspecified atom stereocenters. The molecule has 28 heavy (non-hydrogen) atoms. The minimum Gasteiger partial charge on any atom is -0.323 e. The van der Waals surface area contributed by atoms with Crippen LogP contribution in [-0.2, 0) is 6.18 Å². The van der Waals surface area contributed by atoms with Gasteiger partial charge in [0, 0.05) is 24.7 Å². The molecule has 152 valence electrons. The third kappa shape index (κ3) is 4.55. The van der Waals surface area contributed by atoms with Gasteiger partial charge in [-0.25, -0.2) is 4.39 Å². The Balaban J connectivity index is 1.83. The Morgan fingerprint density at radius 1 is 1.11 bits per heavy atom. The van der Waals surface area contributed by atoms with Crippen LogP contribution < -0.4 is 5.73 Å². The molecule has 1 aliphatic rings. The highest BCUT2D eigenvalue weighted by Crippen LogP contribution is 2.39. The van der Waals surface area contributed by atoms with E-state index in [1.54, 1.807) is 18.2 Å². The molecule has 1 saturated heterocycles. The highest BCUT2D eigenvalue weighted by Gasteiger charge is 2.39. The molecular weight excluding hydrogens is 368 g/mol. The second kappa shape index (κ2) is 8.62. The zero-order valence-electron chi connectivity index (χ0n) is 15.9. The van der Waals surface area contributed by atoms with Gasteiger partial charge >= 0.3 is 6.18 Å². The van der Waals surface area contributed by atoms with Crippen LogP contribution in [0.15, 0.2) is 48.5 Å². The number of nitrogens with two attached hydrogens (primary N) is 1. The molecule has 0 aromatic heterocycles. The highest BCUT2D eigenvalue weighted by molar-refractivity contribution is 5.30. The van der Waals surface area contributed by atoms with Crippen LogP contribution in [-0.4, -0.2) is 17.5 Å². The van der Waals surface area contributed by atoms with Crippen molar-refractivity contribution in [1.82, 2.24) is 4.90 Å². The summed E-state index contributed by atoms with van der Waals surface area (Å²) in [5.74, 6) is -0.279. The molecule has 0 spiro atoms. The summed E-state index contributed by atoms with van der Waals surface area (Å²) < 4.78 is 52.9. The molecule has 6 heteroatoms. The van der Waals surface area contributed by atoms with Gasteiger partial charge in [0.1, 0.15) is 5.82 Å². The van der Waals surface area contributed by atoms with Gasteiger partial charge in [0.15, 0.2) is 0 Å². The van der Waals surface area contributed by atoms with E-state index < -0.39 is 17.8 Å². The summed E-state index contributed by atoms with van der Waals surface area (Å²) in [7, 11) is 0. The van der Waals surface area contributed by atoms with Gasteiger partial charge in [0.2, 0.25) is 0 Å². The van der Waals surface area contributed by atoms with Gasteiger partial charge in [-0.15, -0.1) is 0 Å². The van der Waals surface area contributed by atoms with Crippen molar-refractivity contribution in [1.29, 1.82) is 0 Å². The topological polar surface area (TPSA) is 29.3 Å². The lowest BCUT2D eigenvalue weighted by Crippen LogP contribution is -2.54. The molecule has 2 aromatic rings. The maximum absolute atomic E-state index is 13.8. The zero-order valence-corrected chi connectivity index (χ0v) is 15.9. The van der Waals surface area contributed by atoms with Crippen molar-refractivity contribution in [3.05, 3.63) is 71.0 Å². The zero-order chi connectivity index (χ0) is 20.3. The van der Waals surface area contributed by atoms with E-state index in [9.17, 15) is 17.6 Å². The predicted molar refractivity (Wildman–Crippen MR) is 102 cm³/mol. The quantitative estimate of drug-likeness (QED) is 0.597. The van der Waals surface area contributed by atoms with Crippen LogP contribution >= 0.6 is 0 Å². The lowest BCUT2D eigenvalue weighted by Gasteiger charge is -2.49. The number of rotatable bonds is 7. The van der Waals surface area contributed by atoms with Crippen molar-refractivity contribution < 1.29 is 17.6 Å². The van der Waals surface area contributed by atoms with Crippen LogP contribution in [0.25, 0.3) is 0 Å². The van der Waals surface area contributed by atoms with Gasteiger partial charge in [-0.05, 0) is 48.2 Å². The highest BCUT2D eigenvalue weighted by atomic mass is 19.4. The molecule has 1 heterocycles. The fraction of sp³-hybridized carbons (Fsp3) is 0.455. The van der Waals surface area contributed by atoms with Gasteiger partial charge < -0.3 is 5.73 Å². The molecule has 0 aliphatic carbocycles. The normalized spacial score (nSPS) is 19.9. The number of hydrogen-bond donors (Lipinski definition) is 1. The largest absolute Gasteiger partial charge is 0.416 e. The third-order valence-corrected chi connectivity index (χ3v) is 5.59. The molecule has 1 aliphatic heterocycles. The Hall–Kier alpha value is -1.92. The molecular formula is C22H26F4N2. The molecule has 2 aromatic carbocycles. The summed E-state index contributed by atoms with van der Waals surface area (Å²) in [6.45, 7) is 2.91. The molecule has 0 saturated carbocycles. The number of unbranched alkanes of at least 4 members (excludes halogenated alkanes) is 1. The van der Waals surface area contributed by atoms with Crippen LogP contribution in [0.2, 0.25) is 0 Å². The summed E-state index contributed by atoms with van der Waals surface area (Å²) in [6.07, 6.45) is -0.700. The summed E-state index contributed by atoms with van der Waals surface area (Å²) in [5.41, 5.74) is 7.09. The first-order chi connectivity index (χ1) is 13.3. The molecule has 3 rings (SSSR count). The van der Waals surface area contributed by atoms with E-state index >= 15 is 0 Å². The van der Waals surface area contributed by atoms with Gasteiger partial charge in [0.25, 0.3) is 0 Å². The lowest BCUT2D eigenvalue weighted by atomic mass is 9.85. The monoisotopic (exact) mass is 394 g/mol. The molecule has 0 radical (unpaired) electrons. The van der Waals surface area contributed by atoms with E-state index in [-0.39, 0.29) is 17.9 Å². The van der Waals surface area contributed by atoms with Crippen LogP contribution in [0.4, 0.5) is 17.6 Å². The fourth-order valence-electron chi connectivity index (χ4n) is 3.98. The first-order valence-corrected chi connectivity index (χ1v) is 9.75. The Labute approximate surface area is 163 Å². The van der Waals surface area contributed by atoms with Crippen molar-refractivity contribution in [2.75, 3.05) is 6.54 Å². The second-order valence-corrected chi connectivity index (χ2v) is 7.46. The van der Waals surface area contributed by atoms with Crippen molar-refractivity contribution in [3.63, 3.8) is 0 Å². The average Bonchev–Trinajstić information content (AvgIpc) is 2.63. The summed E-state index contributed by atoms with van der Waals surface area (Å²) in [6, 6.07) is 11.3. The van der Waals surface area contributed by atoms with Gasteiger partial charge in [-0.3, -0.25) is 4.90 Å². The first kappa shape index (κ1) is 20.8. The lowest BCUT2D eigenvalue weighted by molar-refractivity contribution is -0.137. The van der Waals surface area contributed by atoms with Crippen molar-refractivity contribution in [2.24, 2.45) is 5.73 Å². The minimum atomic E-state index is -4.39. The molecule has 1 fully saturated rings. The maximum Gasteiger partial charge on any atom is 0.416 e. The Kier molecular flexibility index (Phi) is 6.40. The third-order valence-electron chi connectivity index (χ3n) is 5.59. The average molecular weight is 394 g/mol. The molecule has 0 bridgehead atoms. The molecule has 0 amide bonds. The summed E-state index contributed by atoms with van der Waals surface area (Å²) >= 11 is 0. The summed E-state index contributed by atoms with van der Waals surface area (Å²) in [4.78, 5) is 2.22. The van der Waals surface area contributed by atoms with Crippen LogP contribution in [0.1, 0.15) is 61.4 Å². The van der Waals surface area contributed by atoms with E-state index in [2.05, 4.69) is 11.8 Å². The number of likely N-dealkylation sites (tertiary alicyclic amines) is 1. The number of benzene rings is 2. The number of halogens is 4. The van der Waals surface area contributed by atoms with Crippen LogP contribution in [0, 0.1) is 5.82 Å². The van der Waals surface area contributed by atoms with Gasteiger partial charge in [-0.2, -0.15) is 13.2 Å². The molecule has 3 atom stereocenters. The summed E-state index contributed by atoms with van der Waals surface area (Å²) in [5, 5.41) is 0. The fourth-order valence-corrected chi connectivity index (χ4v) is 3.98. The Bertz CT molecular complexity index is 790. The Morgan fingerprint density at radius 2 is 1.82 bits per heavy atom. The van der Waals surface area contributed by atoms with Crippen LogP contribution in [0.3, 0.4) is 0 Å². The molecule has 2 nitrogen and oxygen atoms in total. The second-order valence-electron chi connectivity index (χ2n) is 7.46. The SMILES string of the molecule is CCCCC(c1cccc(F)c1)N1CC[C@H]1[C@@H](N)c1cccc(C(F)(F)F)c1. The Morgan fingerprint density at radius 3 is 2.43 bits per heavy atom.